The molecule has 21 heavy (non-hydrogen) atoms. The van der Waals surface area contributed by atoms with Crippen molar-refractivity contribution < 1.29 is 9.90 Å². The van der Waals surface area contributed by atoms with E-state index in [1.165, 1.54) is 16.2 Å². The molecule has 0 saturated heterocycles. The molecule has 2 aromatic rings. The maximum absolute atomic E-state index is 12.2. The van der Waals surface area contributed by atoms with Crippen LogP contribution in [0.3, 0.4) is 0 Å². The fraction of sp³-hybridized carbons (Fsp3) is 0.294. The number of benzene rings is 1. The van der Waals surface area contributed by atoms with E-state index in [2.05, 4.69) is 6.92 Å². The van der Waals surface area contributed by atoms with Crippen molar-refractivity contribution >= 4 is 5.97 Å². The van der Waals surface area contributed by atoms with Crippen LogP contribution in [-0.4, -0.2) is 15.6 Å². The Bertz CT molecular complexity index is 727. The molecule has 0 amide bonds. The van der Waals surface area contributed by atoms with Crippen LogP contribution >= 0.6 is 0 Å². The highest BCUT2D eigenvalue weighted by molar-refractivity contribution is 5.90. The van der Waals surface area contributed by atoms with Crippen molar-refractivity contribution in [2.45, 2.75) is 33.6 Å². The highest BCUT2D eigenvalue weighted by Gasteiger charge is 2.16. The third kappa shape index (κ3) is 2.89. The van der Waals surface area contributed by atoms with Crippen molar-refractivity contribution in [2.75, 3.05) is 0 Å². The standard InChI is InChI=1S/C17H19NO3/c1-4-5-13-6-8-14(9-7-13)18-12(3)16(17(20)21)11(2)10-15(18)19/h6-10H,4-5H2,1-3H3,(H,20,21). The van der Waals surface area contributed by atoms with E-state index in [9.17, 15) is 14.7 Å². The molecule has 4 heteroatoms. The molecule has 2 rings (SSSR count). The molecule has 0 aliphatic carbocycles. The second-order valence-electron chi connectivity index (χ2n) is 5.18. The molecule has 110 valence electrons. The number of rotatable bonds is 4. The second kappa shape index (κ2) is 5.95. The number of carboxylic acids is 1. The van der Waals surface area contributed by atoms with Crippen molar-refractivity contribution in [2.24, 2.45) is 0 Å². The van der Waals surface area contributed by atoms with Crippen LogP contribution in [0, 0.1) is 13.8 Å². The first-order valence-electron chi connectivity index (χ1n) is 7.01. The Hall–Kier alpha value is -2.36. The fourth-order valence-corrected chi connectivity index (χ4v) is 2.63. The van der Waals surface area contributed by atoms with Crippen LogP contribution in [0.15, 0.2) is 35.1 Å². The maximum atomic E-state index is 12.2. The summed E-state index contributed by atoms with van der Waals surface area (Å²) in [4.78, 5) is 23.6. The summed E-state index contributed by atoms with van der Waals surface area (Å²) in [6.07, 6.45) is 2.05. The third-order valence-electron chi connectivity index (χ3n) is 3.60. The molecule has 0 atom stereocenters. The minimum absolute atomic E-state index is 0.187. The van der Waals surface area contributed by atoms with E-state index >= 15 is 0 Å². The van der Waals surface area contributed by atoms with Crippen molar-refractivity contribution in [1.82, 2.24) is 4.57 Å². The molecule has 0 fully saturated rings. The van der Waals surface area contributed by atoms with Crippen LogP contribution < -0.4 is 5.56 Å². The highest BCUT2D eigenvalue weighted by Crippen LogP contribution is 2.16. The van der Waals surface area contributed by atoms with Crippen molar-refractivity contribution in [3.63, 3.8) is 0 Å². The molecule has 0 spiro atoms. The Morgan fingerprint density at radius 1 is 1.19 bits per heavy atom. The Balaban J connectivity index is 2.61. The largest absolute Gasteiger partial charge is 0.478 e. The zero-order valence-corrected chi connectivity index (χ0v) is 12.5. The number of hydrogen-bond acceptors (Lipinski definition) is 2. The first-order chi connectivity index (χ1) is 9.95. The Labute approximate surface area is 123 Å². The molecule has 1 aromatic heterocycles. The summed E-state index contributed by atoms with van der Waals surface area (Å²) in [5.41, 5.74) is 2.82. The zero-order valence-electron chi connectivity index (χ0n) is 12.5. The highest BCUT2D eigenvalue weighted by atomic mass is 16.4. The minimum atomic E-state index is -1.01. The normalized spacial score (nSPS) is 10.6. The first kappa shape index (κ1) is 15.0. The lowest BCUT2D eigenvalue weighted by atomic mass is 10.1. The van der Waals surface area contributed by atoms with E-state index in [-0.39, 0.29) is 11.1 Å². The lowest BCUT2D eigenvalue weighted by Gasteiger charge is -2.14. The number of aryl methyl sites for hydroxylation is 2. The Morgan fingerprint density at radius 3 is 2.33 bits per heavy atom. The quantitative estimate of drug-likeness (QED) is 0.939. The van der Waals surface area contributed by atoms with Gasteiger partial charge in [-0.25, -0.2) is 4.79 Å². The number of hydrogen-bond donors (Lipinski definition) is 1. The Kier molecular flexibility index (Phi) is 4.26. The number of aromatic nitrogens is 1. The predicted molar refractivity (Wildman–Crippen MR) is 82.5 cm³/mol. The lowest BCUT2D eigenvalue weighted by Crippen LogP contribution is -2.24. The molecule has 1 heterocycles. The van der Waals surface area contributed by atoms with Crippen LogP contribution in [0.1, 0.15) is 40.5 Å². The third-order valence-corrected chi connectivity index (χ3v) is 3.60. The topological polar surface area (TPSA) is 59.3 Å². The number of aromatic carboxylic acids is 1. The fourth-order valence-electron chi connectivity index (χ4n) is 2.63. The van der Waals surface area contributed by atoms with Gasteiger partial charge in [0, 0.05) is 17.4 Å². The lowest BCUT2D eigenvalue weighted by molar-refractivity contribution is 0.0694. The van der Waals surface area contributed by atoms with Crippen molar-refractivity contribution in [3.8, 4) is 5.69 Å². The summed E-state index contributed by atoms with van der Waals surface area (Å²) in [6, 6.07) is 9.05. The molecule has 0 bridgehead atoms. The SMILES string of the molecule is CCCc1ccc(-n2c(C)c(C(=O)O)c(C)cc2=O)cc1. The van der Waals surface area contributed by atoms with Gasteiger partial charge in [0.1, 0.15) is 0 Å². The van der Waals surface area contributed by atoms with Gasteiger partial charge in [-0.3, -0.25) is 9.36 Å². The smallest absolute Gasteiger partial charge is 0.337 e. The van der Waals surface area contributed by atoms with Crippen LogP contribution in [0.4, 0.5) is 0 Å². The van der Waals surface area contributed by atoms with Gasteiger partial charge < -0.3 is 5.11 Å². The second-order valence-corrected chi connectivity index (χ2v) is 5.18. The zero-order chi connectivity index (χ0) is 15.6. The summed E-state index contributed by atoms with van der Waals surface area (Å²) < 4.78 is 1.45. The average Bonchev–Trinajstić information content (AvgIpc) is 2.40. The molecule has 1 N–H and O–H groups in total. The summed E-state index contributed by atoms with van der Waals surface area (Å²) in [5, 5.41) is 9.31. The maximum Gasteiger partial charge on any atom is 0.337 e. The van der Waals surface area contributed by atoms with E-state index in [1.54, 1.807) is 13.8 Å². The molecular formula is C17H19NO3. The number of carboxylic acid groups (broad SMARTS) is 1. The summed E-state index contributed by atoms with van der Waals surface area (Å²) >= 11 is 0. The number of pyridine rings is 1. The molecule has 0 unspecified atom stereocenters. The molecule has 0 aliphatic heterocycles. The number of nitrogens with zero attached hydrogens (tertiary/aromatic N) is 1. The van der Waals surface area contributed by atoms with Gasteiger partial charge in [0.15, 0.2) is 0 Å². The van der Waals surface area contributed by atoms with E-state index in [4.69, 9.17) is 0 Å². The predicted octanol–water partition coefficient (Wildman–Crippen LogP) is 3.11. The van der Waals surface area contributed by atoms with Gasteiger partial charge in [0.25, 0.3) is 5.56 Å². The van der Waals surface area contributed by atoms with Gasteiger partial charge in [-0.05, 0) is 43.5 Å². The minimum Gasteiger partial charge on any atom is -0.478 e. The van der Waals surface area contributed by atoms with E-state index in [1.807, 2.05) is 24.3 Å². The van der Waals surface area contributed by atoms with E-state index in [0.717, 1.165) is 12.8 Å². The monoisotopic (exact) mass is 285 g/mol. The van der Waals surface area contributed by atoms with Gasteiger partial charge in [-0.2, -0.15) is 0 Å². The van der Waals surface area contributed by atoms with Crippen molar-refractivity contribution in [1.29, 1.82) is 0 Å². The molecule has 0 saturated carbocycles. The summed E-state index contributed by atoms with van der Waals surface area (Å²) in [7, 11) is 0. The van der Waals surface area contributed by atoms with Crippen LogP contribution in [0.25, 0.3) is 5.69 Å². The molecule has 0 aliphatic rings. The van der Waals surface area contributed by atoms with Gasteiger partial charge in [0.2, 0.25) is 0 Å². The molecule has 1 aromatic carbocycles. The average molecular weight is 285 g/mol. The van der Waals surface area contributed by atoms with Gasteiger partial charge in [0.05, 0.1) is 5.56 Å². The first-order valence-corrected chi connectivity index (χ1v) is 7.01. The van der Waals surface area contributed by atoms with Gasteiger partial charge in [-0.15, -0.1) is 0 Å². The van der Waals surface area contributed by atoms with E-state index < -0.39 is 5.97 Å². The van der Waals surface area contributed by atoms with Crippen LogP contribution in [0.5, 0.6) is 0 Å². The van der Waals surface area contributed by atoms with Gasteiger partial charge in [-0.1, -0.05) is 25.5 Å². The summed E-state index contributed by atoms with van der Waals surface area (Å²) in [5.74, 6) is -1.01. The van der Waals surface area contributed by atoms with Crippen LogP contribution in [-0.2, 0) is 6.42 Å². The number of carbonyl (C=O) groups is 1. The molecular weight excluding hydrogens is 266 g/mol. The van der Waals surface area contributed by atoms with Gasteiger partial charge >= 0.3 is 5.97 Å². The Morgan fingerprint density at radius 2 is 1.81 bits per heavy atom. The summed E-state index contributed by atoms with van der Waals surface area (Å²) in [6.45, 7) is 5.42. The molecule has 4 nitrogen and oxygen atoms in total. The van der Waals surface area contributed by atoms with Crippen molar-refractivity contribution in [3.05, 3.63) is 63.1 Å². The van der Waals surface area contributed by atoms with Crippen LogP contribution in [0.2, 0.25) is 0 Å². The van der Waals surface area contributed by atoms with E-state index in [0.29, 0.717) is 16.9 Å². The molecule has 0 radical (unpaired) electrons.